The molecule has 0 spiro atoms. The molecule has 1 aromatic heterocycles. The molecule has 0 aliphatic heterocycles. The summed E-state index contributed by atoms with van der Waals surface area (Å²) in [7, 11) is 0. The van der Waals surface area contributed by atoms with Crippen molar-refractivity contribution in [1.29, 1.82) is 0 Å². The molecule has 1 heterocycles. The van der Waals surface area contributed by atoms with Crippen molar-refractivity contribution in [2.45, 2.75) is 6.92 Å². The number of hydrogen-bond donors (Lipinski definition) is 0. The molecule has 0 bridgehead atoms. The van der Waals surface area contributed by atoms with Gasteiger partial charge in [0.15, 0.2) is 11.0 Å². The monoisotopic (exact) mass is 293 g/mol. The van der Waals surface area contributed by atoms with Gasteiger partial charge in [-0.25, -0.2) is 0 Å². The predicted molar refractivity (Wildman–Crippen MR) is 80.4 cm³/mol. The van der Waals surface area contributed by atoms with E-state index in [1.807, 2.05) is 42.2 Å². The van der Waals surface area contributed by atoms with Gasteiger partial charge >= 0.3 is 0 Å². The Bertz CT molecular complexity index is 599. The quantitative estimate of drug-likeness (QED) is 0.782. The van der Waals surface area contributed by atoms with Crippen molar-refractivity contribution in [3.8, 4) is 0 Å². The maximum absolute atomic E-state index is 6.23. The highest BCUT2D eigenvalue weighted by atomic mass is 35.5. The fourth-order valence-electron chi connectivity index (χ4n) is 1.70. The Kier molecular flexibility index (Phi) is 4.40. The molecule has 5 heteroatoms. The maximum atomic E-state index is 6.23. The molecule has 0 atom stereocenters. The lowest BCUT2D eigenvalue weighted by molar-refractivity contribution is 0.951. The topological polar surface area (TPSA) is 29.0 Å². The maximum Gasteiger partial charge on any atom is 0.156 e. The Labute approximate surface area is 122 Å². The minimum Gasteiger partial charge on any atom is -0.320 e. The summed E-state index contributed by atoms with van der Waals surface area (Å²) in [5.74, 6) is 0.690. The third kappa shape index (κ3) is 3.06. The number of aryl methyl sites for hydroxylation is 1. The van der Waals surface area contributed by atoms with Crippen LogP contribution < -0.4 is 4.90 Å². The lowest BCUT2D eigenvalue weighted by Gasteiger charge is -2.23. The van der Waals surface area contributed by atoms with Crippen molar-refractivity contribution in [3.63, 3.8) is 0 Å². The summed E-state index contributed by atoms with van der Waals surface area (Å²) >= 11 is 12.1. The van der Waals surface area contributed by atoms with E-state index in [9.17, 15) is 0 Å². The van der Waals surface area contributed by atoms with Gasteiger partial charge in [-0.15, -0.1) is 16.8 Å². The number of para-hydroxylation sites is 1. The Morgan fingerprint density at radius 2 is 2.00 bits per heavy atom. The molecule has 98 valence electrons. The van der Waals surface area contributed by atoms with Crippen molar-refractivity contribution >= 4 is 34.7 Å². The van der Waals surface area contributed by atoms with Crippen LogP contribution >= 0.6 is 23.2 Å². The van der Waals surface area contributed by atoms with E-state index < -0.39 is 0 Å². The number of benzene rings is 1. The summed E-state index contributed by atoms with van der Waals surface area (Å²) in [4.78, 5) is 1.94. The van der Waals surface area contributed by atoms with Gasteiger partial charge in [0.05, 0.1) is 10.7 Å². The van der Waals surface area contributed by atoms with Crippen LogP contribution in [0, 0.1) is 6.92 Å². The smallest absolute Gasteiger partial charge is 0.156 e. The summed E-state index contributed by atoms with van der Waals surface area (Å²) in [6.07, 6.45) is 1.79. The summed E-state index contributed by atoms with van der Waals surface area (Å²) in [5, 5.41) is 9.10. The number of aromatic nitrogens is 2. The van der Waals surface area contributed by atoms with Crippen LogP contribution in [-0.4, -0.2) is 16.7 Å². The van der Waals surface area contributed by atoms with E-state index in [-0.39, 0.29) is 0 Å². The first-order valence-corrected chi connectivity index (χ1v) is 6.52. The highest BCUT2D eigenvalue weighted by molar-refractivity contribution is 6.33. The zero-order valence-corrected chi connectivity index (χ0v) is 12.0. The van der Waals surface area contributed by atoms with Crippen molar-refractivity contribution in [2.24, 2.45) is 0 Å². The first kappa shape index (κ1) is 13.8. The van der Waals surface area contributed by atoms with Crippen molar-refractivity contribution in [2.75, 3.05) is 11.4 Å². The lowest BCUT2D eigenvalue weighted by atomic mass is 10.2. The molecule has 0 fully saturated rings. The zero-order valence-electron chi connectivity index (χ0n) is 10.5. The second kappa shape index (κ2) is 6.04. The summed E-state index contributed by atoms with van der Waals surface area (Å²) < 4.78 is 0. The Hall–Kier alpha value is -1.58. The van der Waals surface area contributed by atoms with E-state index in [0.717, 1.165) is 11.3 Å². The van der Waals surface area contributed by atoms with E-state index in [0.29, 0.717) is 22.5 Å². The van der Waals surface area contributed by atoms with Gasteiger partial charge in [-0.2, -0.15) is 0 Å². The van der Waals surface area contributed by atoms with Crippen LogP contribution in [0.2, 0.25) is 10.2 Å². The van der Waals surface area contributed by atoms with E-state index in [2.05, 4.69) is 16.8 Å². The lowest BCUT2D eigenvalue weighted by Crippen LogP contribution is -2.19. The van der Waals surface area contributed by atoms with Gasteiger partial charge < -0.3 is 4.90 Å². The van der Waals surface area contributed by atoms with E-state index >= 15 is 0 Å². The van der Waals surface area contributed by atoms with Crippen LogP contribution in [0.5, 0.6) is 0 Å². The predicted octanol–water partition coefficient (Wildman–Crippen LogP) is 4.42. The second-order valence-corrected chi connectivity index (χ2v) is 4.79. The molecule has 0 N–H and O–H groups in total. The van der Waals surface area contributed by atoms with Crippen LogP contribution in [-0.2, 0) is 0 Å². The third-order valence-corrected chi connectivity index (χ3v) is 3.34. The molecule has 0 aliphatic rings. The fraction of sp³-hybridized carbons (Fsp3) is 0.143. The standard InChI is InChI=1S/C14H13Cl2N3/c1-3-8-19(12-7-5-4-6-11(12)15)13-9-10(2)14(16)18-17-13/h3-7,9H,1,8H2,2H3. The largest absolute Gasteiger partial charge is 0.320 e. The van der Waals surface area contributed by atoms with Crippen molar-refractivity contribution in [3.05, 3.63) is 58.7 Å². The Balaban J connectivity index is 2.48. The number of rotatable bonds is 4. The normalized spacial score (nSPS) is 10.3. The second-order valence-electron chi connectivity index (χ2n) is 4.03. The molecule has 0 unspecified atom stereocenters. The van der Waals surface area contributed by atoms with Crippen molar-refractivity contribution < 1.29 is 0 Å². The molecule has 2 rings (SSSR count). The summed E-state index contributed by atoms with van der Waals surface area (Å²) in [5.41, 5.74) is 1.73. The minimum absolute atomic E-state index is 0.404. The average molecular weight is 294 g/mol. The van der Waals surface area contributed by atoms with Gasteiger partial charge in [0, 0.05) is 6.54 Å². The number of halogens is 2. The molecule has 2 aromatic rings. The summed E-state index contributed by atoms with van der Waals surface area (Å²) in [6.45, 7) is 6.23. The molecule has 0 amide bonds. The first-order valence-electron chi connectivity index (χ1n) is 5.76. The van der Waals surface area contributed by atoms with Gasteiger partial charge in [0.25, 0.3) is 0 Å². The zero-order chi connectivity index (χ0) is 13.8. The van der Waals surface area contributed by atoms with Crippen LogP contribution in [0.1, 0.15) is 5.56 Å². The van der Waals surface area contributed by atoms with Gasteiger partial charge in [-0.05, 0) is 30.7 Å². The number of nitrogens with zero attached hydrogens (tertiary/aromatic N) is 3. The molecular formula is C14H13Cl2N3. The molecular weight excluding hydrogens is 281 g/mol. The molecule has 0 radical (unpaired) electrons. The minimum atomic E-state index is 0.404. The highest BCUT2D eigenvalue weighted by Gasteiger charge is 2.13. The van der Waals surface area contributed by atoms with Crippen LogP contribution in [0.3, 0.4) is 0 Å². The van der Waals surface area contributed by atoms with E-state index in [1.54, 1.807) is 6.08 Å². The highest BCUT2D eigenvalue weighted by Crippen LogP contribution is 2.31. The third-order valence-electron chi connectivity index (χ3n) is 2.64. The van der Waals surface area contributed by atoms with Crippen LogP contribution in [0.4, 0.5) is 11.5 Å². The molecule has 0 saturated heterocycles. The van der Waals surface area contributed by atoms with E-state index in [1.165, 1.54) is 0 Å². The molecule has 19 heavy (non-hydrogen) atoms. The first-order chi connectivity index (χ1) is 9.13. The van der Waals surface area contributed by atoms with Crippen molar-refractivity contribution in [1.82, 2.24) is 10.2 Å². The Morgan fingerprint density at radius 1 is 1.26 bits per heavy atom. The van der Waals surface area contributed by atoms with Crippen LogP contribution in [0.15, 0.2) is 43.0 Å². The summed E-state index contributed by atoms with van der Waals surface area (Å²) in [6, 6.07) is 9.45. The SMILES string of the molecule is C=CCN(c1cc(C)c(Cl)nn1)c1ccccc1Cl. The fourth-order valence-corrected chi connectivity index (χ4v) is 2.03. The average Bonchev–Trinajstić information content (AvgIpc) is 2.40. The van der Waals surface area contributed by atoms with Crippen LogP contribution in [0.25, 0.3) is 0 Å². The molecule has 1 aromatic carbocycles. The van der Waals surface area contributed by atoms with Gasteiger partial charge in [-0.1, -0.05) is 41.4 Å². The van der Waals surface area contributed by atoms with Gasteiger partial charge in [0.2, 0.25) is 0 Å². The Morgan fingerprint density at radius 3 is 2.63 bits per heavy atom. The molecule has 0 aliphatic carbocycles. The molecule has 0 saturated carbocycles. The number of hydrogen-bond acceptors (Lipinski definition) is 3. The van der Waals surface area contributed by atoms with E-state index in [4.69, 9.17) is 23.2 Å². The molecule has 3 nitrogen and oxygen atoms in total. The number of anilines is 2. The van der Waals surface area contributed by atoms with Gasteiger partial charge in [-0.3, -0.25) is 0 Å². The van der Waals surface area contributed by atoms with Gasteiger partial charge in [0.1, 0.15) is 0 Å².